The van der Waals surface area contributed by atoms with Crippen molar-refractivity contribution in [3.8, 4) is 0 Å². The molecule has 2 N–H and O–H groups in total. The molecule has 0 radical (unpaired) electrons. The van der Waals surface area contributed by atoms with Gasteiger partial charge in [0, 0.05) is 32.1 Å². The summed E-state index contributed by atoms with van der Waals surface area (Å²) in [4.78, 5) is 25.3. The van der Waals surface area contributed by atoms with Crippen molar-refractivity contribution in [2.75, 3.05) is 25.0 Å². The van der Waals surface area contributed by atoms with Crippen LogP contribution in [0.5, 0.6) is 0 Å². The van der Waals surface area contributed by atoms with Gasteiger partial charge in [0.25, 0.3) is 0 Å². The zero-order valence-corrected chi connectivity index (χ0v) is 14.1. The van der Waals surface area contributed by atoms with Crippen molar-refractivity contribution < 1.29 is 9.59 Å². The highest BCUT2D eigenvalue weighted by molar-refractivity contribution is 5.90. The first-order valence-electron chi connectivity index (χ1n) is 8.43. The van der Waals surface area contributed by atoms with Crippen LogP contribution in [-0.2, 0) is 16.1 Å². The van der Waals surface area contributed by atoms with Gasteiger partial charge in [0.05, 0.1) is 0 Å². The highest BCUT2D eigenvalue weighted by atomic mass is 16.2. The molecule has 1 saturated heterocycles. The zero-order chi connectivity index (χ0) is 16.7. The number of hydrogen-bond donors (Lipinski definition) is 2. The topological polar surface area (TPSA) is 61.4 Å². The van der Waals surface area contributed by atoms with Gasteiger partial charge in [-0.2, -0.15) is 0 Å². The smallest absolute Gasteiger partial charge is 0.224 e. The van der Waals surface area contributed by atoms with E-state index < -0.39 is 0 Å². The highest BCUT2D eigenvalue weighted by Crippen LogP contribution is 2.16. The predicted octanol–water partition coefficient (Wildman–Crippen LogP) is 2.38. The largest absolute Gasteiger partial charge is 0.339 e. The fourth-order valence-corrected chi connectivity index (χ4v) is 2.93. The van der Waals surface area contributed by atoms with Crippen molar-refractivity contribution in [2.45, 2.75) is 39.7 Å². The first-order chi connectivity index (χ1) is 11.1. The third kappa shape index (κ3) is 5.67. The van der Waals surface area contributed by atoms with E-state index in [1.54, 1.807) is 11.8 Å². The van der Waals surface area contributed by atoms with Crippen molar-refractivity contribution in [1.82, 2.24) is 10.2 Å². The highest BCUT2D eigenvalue weighted by Gasteiger charge is 2.15. The van der Waals surface area contributed by atoms with E-state index in [1.807, 2.05) is 31.2 Å². The Kier molecular flexibility index (Phi) is 6.59. The van der Waals surface area contributed by atoms with E-state index in [0.717, 1.165) is 30.8 Å². The monoisotopic (exact) mass is 317 g/mol. The second kappa shape index (κ2) is 8.67. The quantitative estimate of drug-likeness (QED) is 0.812. The SMILES string of the molecule is CCN(Cc1cccc(NC(=O)CCC2CCNC2)c1)C(C)=O. The van der Waals surface area contributed by atoms with Crippen molar-refractivity contribution >= 4 is 17.5 Å². The lowest BCUT2D eigenvalue weighted by molar-refractivity contribution is -0.129. The molecule has 5 heteroatoms. The molecular formula is C18H27N3O2. The van der Waals surface area contributed by atoms with Crippen LogP contribution in [0.25, 0.3) is 0 Å². The van der Waals surface area contributed by atoms with Crippen LogP contribution in [0.15, 0.2) is 24.3 Å². The molecule has 1 unspecified atom stereocenters. The molecule has 2 amide bonds. The molecule has 23 heavy (non-hydrogen) atoms. The van der Waals surface area contributed by atoms with E-state index in [-0.39, 0.29) is 11.8 Å². The van der Waals surface area contributed by atoms with Gasteiger partial charge in [-0.25, -0.2) is 0 Å². The Morgan fingerprint density at radius 1 is 1.39 bits per heavy atom. The van der Waals surface area contributed by atoms with Gasteiger partial charge in [-0.05, 0) is 56.5 Å². The molecular weight excluding hydrogens is 290 g/mol. The van der Waals surface area contributed by atoms with Gasteiger partial charge in [-0.3, -0.25) is 9.59 Å². The van der Waals surface area contributed by atoms with Crippen LogP contribution >= 0.6 is 0 Å². The summed E-state index contributed by atoms with van der Waals surface area (Å²) in [6.45, 7) is 6.89. The molecule has 5 nitrogen and oxygen atoms in total. The molecule has 0 bridgehead atoms. The Balaban J connectivity index is 1.86. The minimum Gasteiger partial charge on any atom is -0.339 e. The van der Waals surface area contributed by atoms with Crippen LogP contribution in [0.4, 0.5) is 5.69 Å². The summed E-state index contributed by atoms with van der Waals surface area (Å²) < 4.78 is 0. The predicted molar refractivity (Wildman–Crippen MR) is 92.0 cm³/mol. The molecule has 0 aromatic heterocycles. The van der Waals surface area contributed by atoms with Crippen LogP contribution < -0.4 is 10.6 Å². The Bertz CT molecular complexity index is 539. The Morgan fingerprint density at radius 3 is 2.87 bits per heavy atom. The maximum atomic E-state index is 12.1. The average Bonchev–Trinajstić information content (AvgIpc) is 3.04. The third-order valence-corrected chi connectivity index (χ3v) is 4.35. The number of rotatable bonds is 7. The van der Waals surface area contributed by atoms with Gasteiger partial charge in [0.15, 0.2) is 0 Å². The normalized spacial score (nSPS) is 17.0. The van der Waals surface area contributed by atoms with E-state index in [1.165, 1.54) is 6.42 Å². The fourth-order valence-electron chi connectivity index (χ4n) is 2.93. The summed E-state index contributed by atoms with van der Waals surface area (Å²) in [6.07, 6.45) is 2.66. The first kappa shape index (κ1) is 17.5. The summed E-state index contributed by atoms with van der Waals surface area (Å²) in [5, 5.41) is 6.29. The fraction of sp³-hybridized carbons (Fsp3) is 0.556. The molecule has 126 valence electrons. The van der Waals surface area contributed by atoms with Gasteiger partial charge >= 0.3 is 0 Å². The van der Waals surface area contributed by atoms with Gasteiger partial charge in [-0.1, -0.05) is 12.1 Å². The Morgan fingerprint density at radius 2 is 2.22 bits per heavy atom. The van der Waals surface area contributed by atoms with Crippen molar-refractivity contribution in [3.05, 3.63) is 29.8 Å². The molecule has 0 spiro atoms. The molecule has 2 rings (SSSR count). The minimum absolute atomic E-state index is 0.0621. The van der Waals surface area contributed by atoms with Gasteiger partial charge in [0.2, 0.25) is 11.8 Å². The van der Waals surface area contributed by atoms with Gasteiger partial charge in [0.1, 0.15) is 0 Å². The van der Waals surface area contributed by atoms with Gasteiger partial charge in [-0.15, -0.1) is 0 Å². The van der Waals surface area contributed by atoms with E-state index in [2.05, 4.69) is 10.6 Å². The van der Waals surface area contributed by atoms with Crippen LogP contribution in [0.1, 0.15) is 38.7 Å². The molecule has 0 aliphatic carbocycles. The molecule has 1 aliphatic rings. The van der Waals surface area contributed by atoms with E-state index in [4.69, 9.17) is 0 Å². The number of nitrogens with one attached hydrogen (secondary N) is 2. The molecule has 1 aromatic rings. The summed E-state index contributed by atoms with van der Waals surface area (Å²) in [5.74, 6) is 0.751. The van der Waals surface area contributed by atoms with Crippen molar-refractivity contribution in [1.29, 1.82) is 0 Å². The Labute approximate surface area is 138 Å². The number of amides is 2. The molecule has 1 atom stereocenters. The molecule has 1 heterocycles. The number of nitrogens with zero attached hydrogens (tertiary/aromatic N) is 1. The summed E-state index contributed by atoms with van der Waals surface area (Å²) in [7, 11) is 0. The summed E-state index contributed by atoms with van der Waals surface area (Å²) >= 11 is 0. The maximum Gasteiger partial charge on any atom is 0.224 e. The minimum atomic E-state index is 0.0621. The molecule has 1 fully saturated rings. The lowest BCUT2D eigenvalue weighted by Crippen LogP contribution is -2.27. The van der Waals surface area contributed by atoms with E-state index in [9.17, 15) is 9.59 Å². The molecule has 0 saturated carbocycles. The van der Waals surface area contributed by atoms with Crippen LogP contribution in [0.2, 0.25) is 0 Å². The standard InChI is InChI=1S/C18H27N3O2/c1-3-21(14(2)22)13-16-5-4-6-17(11-16)20-18(23)8-7-15-9-10-19-12-15/h4-6,11,15,19H,3,7-10,12-13H2,1-2H3,(H,20,23). The van der Waals surface area contributed by atoms with Crippen LogP contribution in [0.3, 0.4) is 0 Å². The number of benzene rings is 1. The van der Waals surface area contributed by atoms with Gasteiger partial charge < -0.3 is 15.5 Å². The summed E-state index contributed by atoms with van der Waals surface area (Å²) in [6, 6.07) is 7.73. The molecule has 1 aromatic carbocycles. The maximum absolute atomic E-state index is 12.1. The first-order valence-corrected chi connectivity index (χ1v) is 8.43. The number of carbonyl (C=O) groups is 2. The van der Waals surface area contributed by atoms with Crippen LogP contribution in [-0.4, -0.2) is 36.3 Å². The number of carbonyl (C=O) groups excluding carboxylic acids is 2. The van der Waals surface area contributed by atoms with E-state index in [0.29, 0.717) is 25.4 Å². The van der Waals surface area contributed by atoms with Crippen molar-refractivity contribution in [3.63, 3.8) is 0 Å². The third-order valence-electron chi connectivity index (χ3n) is 4.35. The number of anilines is 1. The summed E-state index contributed by atoms with van der Waals surface area (Å²) in [5.41, 5.74) is 1.83. The van der Waals surface area contributed by atoms with E-state index >= 15 is 0 Å². The lowest BCUT2D eigenvalue weighted by atomic mass is 10.0. The zero-order valence-electron chi connectivity index (χ0n) is 14.1. The number of hydrogen-bond acceptors (Lipinski definition) is 3. The second-order valence-electron chi connectivity index (χ2n) is 6.18. The average molecular weight is 317 g/mol. The van der Waals surface area contributed by atoms with Crippen LogP contribution in [0, 0.1) is 5.92 Å². The lowest BCUT2D eigenvalue weighted by Gasteiger charge is -2.19. The Hall–Kier alpha value is -1.88. The van der Waals surface area contributed by atoms with Crippen molar-refractivity contribution in [2.24, 2.45) is 5.92 Å². The second-order valence-corrected chi connectivity index (χ2v) is 6.18. The molecule has 1 aliphatic heterocycles.